The van der Waals surface area contributed by atoms with Crippen molar-refractivity contribution in [3.05, 3.63) is 46.1 Å². The van der Waals surface area contributed by atoms with E-state index in [2.05, 4.69) is 10.5 Å². The Labute approximate surface area is 150 Å². The molecule has 1 aliphatic heterocycles. The summed E-state index contributed by atoms with van der Waals surface area (Å²) in [6, 6.07) is 4.64. The summed E-state index contributed by atoms with van der Waals surface area (Å²) in [4.78, 5) is 39.9. The second-order valence-electron chi connectivity index (χ2n) is 6.30. The van der Waals surface area contributed by atoms with E-state index in [-0.39, 0.29) is 23.9 Å². The molecule has 9 heteroatoms. The summed E-state index contributed by atoms with van der Waals surface area (Å²) in [6.45, 7) is 4.15. The fraction of sp³-hybridized carbons (Fsp3) is 0.412. The van der Waals surface area contributed by atoms with Crippen LogP contribution < -0.4 is 10.9 Å². The zero-order valence-corrected chi connectivity index (χ0v) is 14.8. The molecule has 2 aromatic heterocycles. The molecular weight excluding hydrogens is 338 g/mol. The van der Waals surface area contributed by atoms with Crippen LogP contribution >= 0.6 is 0 Å². The maximum absolute atomic E-state index is 12.5. The normalized spacial score (nSPS) is 15.1. The molecule has 2 aromatic rings. The first-order chi connectivity index (χ1) is 12.4. The summed E-state index contributed by atoms with van der Waals surface area (Å²) in [7, 11) is 1.64. The van der Waals surface area contributed by atoms with Gasteiger partial charge >= 0.3 is 0 Å². The second kappa shape index (κ2) is 7.52. The molecule has 0 spiro atoms. The third kappa shape index (κ3) is 4.17. The van der Waals surface area contributed by atoms with E-state index in [1.54, 1.807) is 37.2 Å². The highest BCUT2D eigenvalue weighted by Crippen LogP contribution is 2.09. The number of carbonyl (C=O) groups excluding carboxylic acids is 2. The standard InChI is InChI=1S/C17H21N5O4/c1-12-9-14(19-26-12)18-15(23)11-21-5-7-22(8-6-21)17(25)13-3-4-20(2)16(24)10-13/h3-4,9-10H,5-8,11H2,1-2H3,(H,18,19,23). The number of nitrogens with one attached hydrogen (secondary N) is 1. The van der Waals surface area contributed by atoms with E-state index in [1.165, 1.54) is 10.6 Å². The molecule has 0 aromatic carbocycles. The van der Waals surface area contributed by atoms with Gasteiger partial charge in [-0.1, -0.05) is 5.16 Å². The molecule has 1 N–H and O–H groups in total. The summed E-state index contributed by atoms with van der Waals surface area (Å²) < 4.78 is 6.33. The third-order valence-corrected chi connectivity index (χ3v) is 4.27. The summed E-state index contributed by atoms with van der Waals surface area (Å²) in [5.74, 6) is 0.685. The Kier molecular flexibility index (Phi) is 5.17. The Morgan fingerprint density at radius 3 is 2.58 bits per heavy atom. The summed E-state index contributed by atoms with van der Waals surface area (Å²) in [5, 5.41) is 6.40. The lowest BCUT2D eigenvalue weighted by Crippen LogP contribution is -2.50. The zero-order valence-electron chi connectivity index (χ0n) is 14.8. The van der Waals surface area contributed by atoms with Gasteiger partial charge in [0.05, 0.1) is 6.54 Å². The first-order valence-corrected chi connectivity index (χ1v) is 8.34. The molecule has 138 valence electrons. The minimum atomic E-state index is -0.214. The molecule has 1 fully saturated rings. The summed E-state index contributed by atoms with van der Waals surface area (Å²) >= 11 is 0. The van der Waals surface area contributed by atoms with Gasteiger partial charge in [0.15, 0.2) is 5.82 Å². The highest BCUT2D eigenvalue weighted by molar-refractivity contribution is 5.94. The topological polar surface area (TPSA) is 101 Å². The number of aromatic nitrogens is 2. The highest BCUT2D eigenvalue weighted by Gasteiger charge is 2.23. The van der Waals surface area contributed by atoms with E-state index in [9.17, 15) is 14.4 Å². The molecule has 0 aliphatic carbocycles. The minimum absolute atomic E-state index is 0.162. The number of anilines is 1. The average Bonchev–Trinajstić information content (AvgIpc) is 3.02. The van der Waals surface area contributed by atoms with Crippen LogP contribution in [0.25, 0.3) is 0 Å². The Bertz CT molecular complexity index is 864. The van der Waals surface area contributed by atoms with Gasteiger partial charge in [-0.3, -0.25) is 19.3 Å². The number of hydrogen-bond acceptors (Lipinski definition) is 6. The second-order valence-corrected chi connectivity index (χ2v) is 6.30. The SMILES string of the molecule is Cc1cc(NC(=O)CN2CCN(C(=O)c3ccn(C)c(=O)c3)CC2)no1. The summed E-state index contributed by atoms with van der Waals surface area (Å²) in [6.07, 6.45) is 1.59. The van der Waals surface area contributed by atoms with Gasteiger partial charge in [-0.05, 0) is 13.0 Å². The van der Waals surface area contributed by atoms with Crippen molar-refractivity contribution >= 4 is 17.6 Å². The quantitative estimate of drug-likeness (QED) is 0.830. The Balaban J connectivity index is 1.50. The van der Waals surface area contributed by atoms with Gasteiger partial charge in [-0.2, -0.15) is 0 Å². The van der Waals surface area contributed by atoms with E-state index in [0.717, 1.165) is 0 Å². The molecule has 3 heterocycles. The Morgan fingerprint density at radius 1 is 1.23 bits per heavy atom. The predicted molar refractivity (Wildman–Crippen MR) is 93.9 cm³/mol. The number of piperazine rings is 1. The number of hydrogen-bond donors (Lipinski definition) is 1. The molecule has 0 bridgehead atoms. The first-order valence-electron chi connectivity index (χ1n) is 8.34. The van der Waals surface area contributed by atoms with Crippen LogP contribution in [0.3, 0.4) is 0 Å². The fourth-order valence-electron chi connectivity index (χ4n) is 2.78. The molecule has 26 heavy (non-hydrogen) atoms. The smallest absolute Gasteiger partial charge is 0.254 e. The van der Waals surface area contributed by atoms with E-state index in [0.29, 0.717) is 43.3 Å². The molecule has 0 saturated carbocycles. The van der Waals surface area contributed by atoms with Gasteiger partial charge in [0, 0.05) is 57.1 Å². The summed E-state index contributed by atoms with van der Waals surface area (Å²) in [5.41, 5.74) is 0.176. The van der Waals surface area contributed by atoms with Gasteiger partial charge in [-0.15, -0.1) is 0 Å². The van der Waals surface area contributed by atoms with Crippen molar-refractivity contribution in [1.29, 1.82) is 0 Å². The first kappa shape index (κ1) is 17.9. The maximum atomic E-state index is 12.5. The van der Waals surface area contributed by atoms with Crippen LogP contribution in [0.4, 0.5) is 5.82 Å². The van der Waals surface area contributed by atoms with Crippen molar-refractivity contribution < 1.29 is 14.1 Å². The van der Waals surface area contributed by atoms with E-state index in [1.807, 2.05) is 4.90 Å². The Morgan fingerprint density at radius 2 is 1.96 bits per heavy atom. The number of rotatable bonds is 4. The van der Waals surface area contributed by atoms with Gasteiger partial charge in [-0.25, -0.2) is 0 Å². The van der Waals surface area contributed by atoms with Gasteiger partial charge in [0.2, 0.25) is 5.91 Å². The molecule has 2 amide bonds. The van der Waals surface area contributed by atoms with Crippen molar-refractivity contribution in [3.8, 4) is 0 Å². The van der Waals surface area contributed by atoms with Crippen LogP contribution in [0, 0.1) is 6.92 Å². The maximum Gasteiger partial charge on any atom is 0.254 e. The lowest BCUT2D eigenvalue weighted by molar-refractivity contribution is -0.117. The molecule has 1 aliphatic rings. The van der Waals surface area contributed by atoms with Gasteiger partial charge < -0.3 is 19.3 Å². The lowest BCUT2D eigenvalue weighted by Gasteiger charge is -2.34. The van der Waals surface area contributed by atoms with Crippen molar-refractivity contribution in [2.45, 2.75) is 6.92 Å². The molecular formula is C17H21N5O4. The van der Waals surface area contributed by atoms with Crippen molar-refractivity contribution in [1.82, 2.24) is 19.5 Å². The molecule has 9 nitrogen and oxygen atoms in total. The number of aryl methyl sites for hydroxylation is 2. The van der Waals surface area contributed by atoms with Crippen LogP contribution in [0.15, 0.2) is 33.7 Å². The predicted octanol–water partition coefficient (Wildman–Crippen LogP) is 0.0782. The minimum Gasteiger partial charge on any atom is -0.360 e. The molecule has 0 unspecified atom stereocenters. The highest BCUT2D eigenvalue weighted by atomic mass is 16.5. The van der Waals surface area contributed by atoms with Crippen LogP contribution in [0.5, 0.6) is 0 Å². The number of pyridine rings is 1. The zero-order chi connectivity index (χ0) is 18.7. The molecule has 0 atom stereocenters. The number of carbonyl (C=O) groups is 2. The lowest BCUT2D eigenvalue weighted by atomic mass is 10.2. The van der Waals surface area contributed by atoms with E-state index >= 15 is 0 Å². The number of amides is 2. The monoisotopic (exact) mass is 359 g/mol. The van der Waals surface area contributed by atoms with Crippen molar-refractivity contribution in [2.24, 2.45) is 7.05 Å². The van der Waals surface area contributed by atoms with E-state index in [4.69, 9.17) is 4.52 Å². The van der Waals surface area contributed by atoms with Crippen LogP contribution in [0.2, 0.25) is 0 Å². The Hall–Kier alpha value is -2.94. The van der Waals surface area contributed by atoms with Crippen molar-refractivity contribution in [2.75, 3.05) is 38.0 Å². The third-order valence-electron chi connectivity index (χ3n) is 4.27. The molecule has 0 radical (unpaired) electrons. The van der Waals surface area contributed by atoms with Gasteiger partial charge in [0.1, 0.15) is 5.76 Å². The fourth-order valence-corrected chi connectivity index (χ4v) is 2.78. The van der Waals surface area contributed by atoms with Crippen LogP contribution in [-0.2, 0) is 11.8 Å². The van der Waals surface area contributed by atoms with Crippen LogP contribution in [0.1, 0.15) is 16.1 Å². The average molecular weight is 359 g/mol. The van der Waals surface area contributed by atoms with Crippen LogP contribution in [-0.4, -0.2) is 64.1 Å². The molecule has 1 saturated heterocycles. The molecule has 3 rings (SSSR count). The largest absolute Gasteiger partial charge is 0.360 e. The number of nitrogens with zero attached hydrogens (tertiary/aromatic N) is 4. The van der Waals surface area contributed by atoms with Crippen molar-refractivity contribution in [3.63, 3.8) is 0 Å². The van der Waals surface area contributed by atoms with E-state index < -0.39 is 0 Å². The van der Waals surface area contributed by atoms with Gasteiger partial charge in [0.25, 0.3) is 11.5 Å².